The second kappa shape index (κ2) is 7.04. The minimum Gasteiger partial charge on any atom is -0.481 e. The Labute approximate surface area is 151 Å². The Hall–Kier alpha value is -2.08. The number of halogens is 1. The van der Waals surface area contributed by atoms with Crippen LogP contribution in [0.4, 0.5) is 5.69 Å². The molecule has 0 radical (unpaired) electrons. The zero-order valence-electron chi connectivity index (χ0n) is 14.1. The van der Waals surface area contributed by atoms with E-state index < -0.39 is 5.97 Å². The molecule has 134 valence electrons. The van der Waals surface area contributed by atoms with Gasteiger partial charge in [0.05, 0.1) is 11.8 Å². The molecule has 0 saturated carbocycles. The van der Waals surface area contributed by atoms with Gasteiger partial charge in [-0.2, -0.15) is 0 Å². The number of carbonyl (C=O) groups is 3. The first-order valence-electron chi connectivity index (χ1n) is 8.45. The number of piperidine rings is 1. The third-order valence-corrected chi connectivity index (χ3v) is 5.50. The van der Waals surface area contributed by atoms with Crippen LogP contribution in [-0.4, -0.2) is 47.4 Å². The van der Waals surface area contributed by atoms with E-state index in [1.165, 1.54) is 0 Å². The number of nitrogens with zero attached hydrogens (tertiary/aromatic N) is 2. The third-order valence-electron chi connectivity index (χ3n) is 5.10. The zero-order chi connectivity index (χ0) is 18.1. The summed E-state index contributed by atoms with van der Waals surface area (Å²) in [5.41, 5.74) is 1.64. The van der Waals surface area contributed by atoms with Crippen LogP contribution in [0.1, 0.15) is 24.8 Å². The minimum absolute atomic E-state index is 0.0575. The van der Waals surface area contributed by atoms with E-state index in [9.17, 15) is 14.4 Å². The summed E-state index contributed by atoms with van der Waals surface area (Å²) < 4.78 is 0. The van der Waals surface area contributed by atoms with Crippen molar-refractivity contribution in [1.82, 2.24) is 4.90 Å². The van der Waals surface area contributed by atoms with E-state index >= 15 is 0 Å². The Balaban J connectivity index is 1.65. The summed E-state index contributed by atoms with van der Waals surface area (Å²) in [7, 11) is 0. The molecule has 1 aromatic rings. The highest BCUT2D eigenvalue weighted by Crippen LogP contribution is 2.30. The molecule has 25 heavy (non-hydrogen) atoms. The van der Waals surface area contributed by atoms with Crippen LogP contribution in [0.2, 0.25) is 5.02 Å². The predicted molar refractivity (Wildman–Crippen MR) is 93.6 cm³/mol. The quantitative estimate of drug-likeness (QED) is 0.892. The van der Waals surface area contributed by atoms with Gasteiger partial charge in [0.15, 0.2) is 0 Å². The van der Waals surface area contributed by atoms with E-state index in [4.69, 9.17) is 16.7 Å². The fraction of sp³-hybridized carbons (Fsp3) is 0.500. The van der Waals surface area contributed by atoms with Crippen molar-refractivity contribution in [2.24, 2.45) is 11.8 Å². The van der Waals surface area contributed by atoms with Gasteiger partial charge in [-0.1, -0.05) is 17.7 Å². The summed E-state index contributed by atoms with van der Waals surface area (Å²) in [6, 6.07) is 5.45. The summed E-state index contributed by atoms with van der Waals surface area (Å²) in [6.07, 6.45) is 1.13. The fourth-order valence-corrected chi connectivity index (χ4v) is 3.65. The third kappa shape index (κ3) is 3.63. The van der Waals surface area contributed by atoms with Crippen LogP contribution in [0.25, 0.3) is 0 Å². The molecular weight excluding hydrogens is 344 g/mol. The second-order valence-corrected chi connectivity index (χ2v) is 7.18. The number of benzene rings is 1. The summed E-state index contributed by atoms with van der Waals surface area (Å²) in [6.45, 7) is 3.12. The maximum absolute atomic E-state index is 12.7. The van der Waals surface area contributed by atoms with Gasteiger partial charge in [0, 0.05) is 36.8 Å². The van der Waals surface area contributed by atoms with E-state index in [1.54, 1.807) is 15.9 Å². The number of rotatable bonds is 3. The molecule has 1 N–H and O–H groups in total. The van der Waals surface area contributed by atoms with Crippen LogP contribution in [0.3, 0.4) is 0 Å². The van der Waals surface area contributed by atoms with E-state index in [2.05, 4.69) is 0 Å². The van der Waals surface area contributed by atoms with Crippen LogP contribution in [-0.2, 0) is 14.4 Å². The summed E-state index contributed by atoms with van der Waals surface area (Å²) in [5, 5.41) is 9.64. The van der Waals surface area contributed by atoms with Gasteiger partial charge in [-0.05, 0) is 37.5 Å². The molecule has 1 atom stereocenters. The number of carboxylic acid groups (broad SMARTS) is 1. The highest BCUT2D eigenvalue weighted by atomic mass is 35.5. The van der Waals surface area contributed by atoms with Crippen LogP contribution in [0, 0.1) is 18.8 Å². The average molecular weight is 365 g/mol. The van der Waals surface area contributed by atoms with Gasteiger partial charge in [-0.15, -0.1) is 0 Å². The van der Waals surface area contributed by atoms with Gasteiger partial charge in [0.1, 0.15) is 0 Å². The predicted octanol–water partition coefficient (Wildman–Crippen LogP) is 2.32. The molecule has 0 bridgehead atoms. The Morgan fingerprint density at radius 3 is 2.48 bits per heavy atom. The maximum Gasteiger partial charge on any atom is 0.306 e. The lowest BCUT2D eigenvalue weighted by Crippen LogP contribution is -2.43. The minimum atomic E-state index is -0.800. The van der Waals surface area contributed by atoms with Crippen molar-refractivity contribution in [1.29, 1.82) is 0 Å². The first-order chi connectivity index (χ1) is 11.9. The molecule has 2 saturated heterocycles. The lowest BCUT2D eigenvalue weighted by molar-refractivity contribution is -0.146. The van der Waals surface area contributed by atoms with Crippen molar-refractivity contribution < 1.29 is 19.5 Å². The van der Waals surface area contributed by atoms with Crippen molar-refractivity contribution in [3.63, 3.8) is 0 Å². The van der Waals surface area contributed by atoms with Crippen LogP contribution in [0.5, 0.6) is 0 Å². The van der Waals surface area contributed by atoms with Crippen molar-refractivity contribution in [3.05, 3.63) is 28.8 Å². The zero-order valence-corrected chi connectivity index (χ0v) is 14.8. The molecule has 2 aliphatic rings. The molecule has 6 nitrogen and oxygen atoms in total. The Kier molecular flexibility index (Phi) is 4.99. The van der Waals surface area contributed by atoms with E-state index in [0.717, 1.165) is 5.56 Å². The summed E-state index contributed by atoms with van der Waals surface area (Å²) in [4.78, 5) is 39.4. The Morgan fingerprint density at radius 2 is 1.88 bits per heavy atom. The topological polar surface area (TPSA) is 77.9 Å². The van der Waals surface area contributed by atoms with Gasteiger partial charge < -0.3 is 14.9 Å². The monoisotopic (exact) mass is 364 g/mol. The van der Waals surface area contributed by atoms with Gasteiger partial charge in [-0.25, -0.2) is 0 Å². The number of amides is 2. The van der Waals surface area contributed by atoms with E-state index in [1.807, 2.05) is 19.1 Å². The van der Waals surface area contributed by atoms with Gasteiger partial charge in [-0.3, -0.25) is 14.4 Å². The molecule has 1 aromatic carbocycles. The van der Waals surface area contributed by atoms with Crippen molar-refractivity contribution in [2.45, 2.75) is 26.2 Å². The normalized spacial score (nSPS) is 21.7. The molecule has 0 spiro atoms. The summed E-state index contributed by atoms with van der Waals surface area (Å²) >= 11 is 6.14. The van der Waals surface area contributed by atoms with Crippen molar-refractivity contribution >= 4 is 35.1 Å². The first-order valence-corrected chi connectivity index (χ1v) is 8.82. The first kappa shape index (κ1) is 17.7. The number of carbonyl (C=O) groups excluding carboxylic acids is 2. The molecule has 3 rings (SSSR count). The largest absolute Gasteiger partial charge is 0.481 e. The number of anilines is 1. The Morgan fingerprint density at radius 1 is 1.20 bits per heavy atom. The fourth-order valence-electron chi connectivity index (χ4n) is 3.48. The van der Waals surface area contributed by atoms with Crippen LogP contribution >= 0.6 is 11.6 Å². The number of likely N-dealkylation sites (tertiary alicyclic amines) is 1. The number of hydrogen-bond acceptors (Lipinski definition) is 3. The lowest BCUT2D eigenvalue weighted by atomic mass is 9.95. The molecule has 0 aromatic heterocycles. The molecule has 2 heterocycles. The molecule has 0 aliphatic carbocycles. The van der Waals surface area contributed by atoms with Gasteiger partial charge in [0.2, 0.25) is 11.8 Å². The smallest absolute Gasteiger partial charge is 0.306 e. The number of carboxylic acids is 1. The SMILES string of the molecule is Cc1ccc(N2C[C@@H](C(=O)N3CCC(C(=O)O)CC3)CC2=O)cc1Cl. The average Bonchev–Trinajstić information content (AvgIpc) is 2.98. The van der Waals surface area contributed by atoms with Gasteiger partial charge >= 0.3 is 5.97 Å². The lowest BCUT2D eigenvalue weighted by Gasteiger charge is -2.31. The number of aliphatic carboxylic acids is 1. The molecule has 0 unspecified atom stereocenters. The molecular formula is C18H21ClN2O4. The van der Waals surface area contributed by atoms with Gasteiger partial charge in [0.25, 0.3) is 0 Å². The molecule has 2 amide bonds. The second-order valence-electron chi connectivity index (χ2n) is 6.78. The van der Waals surface area contributed by atoms with E-state index in [0.29, 0.717) is 43.2 Å². The number of hydrogen-bond donors (Lipinski definition) is 1. The highest BCUT2D eigenvalue weighted by molar-refractivity contribution is 6.31. The van der Waals surface area contributed by atoms with Crippen LogP contribution < -0.4 is 4.90 Å². The maximum atomic E-state index is 12.7. The van der Waals surface area contributed by atoms with Crippen molar-refractivity contribution in [2.75, 3.05) is 24.5 Å². The van der Waals surface area contributed by atoms with Crippen LogP contribution in [0.15, 0.2) is 18.2 Å². The van der Waals surface area contributed by atoms with Crippen molar-refractivity contribution in [3.8, 4) is 0 Å². The standard InChI is InChI=1S/C18H21ClN2O4/c1-11-2-3-14(9-15(11)19)21-10-13(8-16(21)22)17(23)20-6-4-12(5-7-20)18(24)25/h2-3,9,12-13H,4-8,10H2,1H3,(H,24,25)/t13-/m0/s1. The molecule has 2 fully saturated rings. The highest BCUT2D eigenvalue weighted by Gasteiger charge is 2.38. The summed E-state index contributed by atoms with van der Waals surface area (Å²) in [5.74, 6) is -1.70. The number of aryl methyl sites for hydroxylation is 1. The van der Waals surface area contributed by atoms with E-state index in [-0.39, 0.29) is 30.1 Å². The molecule has 7 heteroatoms. The molecule has 2 aliphatic heterocycles. The Bertz CT molecular complexity index is 713.